The van der Waals surface area contributed by atoms with Gasteiger partial charge in [0.05, 0.1) is 5.52 Å². The maximum atomic E-state index is 13.9. The summed E-state index contributed by atoms with van der Waals surface area (Å²) in [5, 5.41) is 0.979. The fourth-order valence-electron chi connectivity index (χ4n) is 3.68. The van der Waals surface area contributed by atoms with Crippen molar-refractivity contribution in [3.05, 3.63) is 71.2 Å². The van der Waals surface area contributed by atoms with Gasteiger partial charge in [-0.3, -0.25) is 0 Å². The molecule has 0 radical (unpaired) electrons. The Morgan fingerprint density at radius 2 is 1.86 bits per heavy atom. The average molecular weight is 280 g/mol. The third-order valence-corrected chi connectivity index (χ3v) is 4.69. The molecule has 0 amide bonds. The molecule has 2 aromatic carbocycles. The van der Waals surface area contributed by atoms with Gasteiger partial charge < -0.3 is 10.7 Å². The summed E-state index contributed by atoms with van der Waals surface area (Å²) in [6.07, 6.45) is 2.95. The van der Waals surface area contributed by atoms with Gasteiger partial charge in [-0.15, -0.1) is 0 Å². The van der Waals surface area contributed by atoms with Crippen molar-refractivity contribution in [3.63, 3.8) is 0 Å². The summed E-state index contributed by atoms with van der Waals surface area (Å²) in [5.41, 5.74) is 10.4. The number of aromatic amines is 1. The first-order chi connectivity index (χ1) is 10.3. The average Bonchev–Trinajstić information content (AvgIpc) is 3.09. The Labute approximate surface area is 122 Å². The van der Waals surface area contributed by atoms with E-state index in [1.807, 2.05) is 12.3 Å². The first kappa shape index (κ1) is 12.6. The van der Waals surface area contributed by atoms with Gasteiger partial charge in [-0.1, -0.05) is 36.4 Å². The van der Waals surface area contributed by atoms with Gasteiger partial charge in [-0.05, 0) is 41.6 Å². The fourth-order valence-corrected chi connectivity index (χ4v) is 3.68. The maximum Gasteiger partial charge on any atom is 0.147 e. The molecule has 0 aliphatic heterocycles. The number of halogens is 1. The Balaban J connectivity index is 1.89. The number of fused-ring (bicyclic) bond motifs is 2. The van der Waals surface area contributed by atoms with Crippen LogP contribution in [0, 0.1) is 5.82 Å². The van der Waals surface area contributed by atoms with Crippen molar-refractivity contribution in [1.82, 2.24) is 4.98 Å². The molecule has 0 unspecified atom stereocenters. The van der Waals surface area contributed by atoms with Crippen LogP contribution in [0.1, 0.15) is 34.9 Å². The van der Waals surface area contributed by atoms with E-state index in [-0.39, 0.29) is 5.82 Å². The van der Waals surface area contributed by atoms with Crippen LogP contribution in [0.2, 0.25) is 0 Å². The van der Waals surface area contributed by atoms with Crippen molar-refractivity contribution in [3.8, 4) is 0 Å². The van der Waals surface area contributed by atoms with Crippen LogP contribution >= 0.6 is 0 Å². The van der Waals surface area contributed by atoms with Crippen LogP contribution in [0.25, 0.3) is 10.9 Å². The van der Waals surface area contributed by atoms with Gasteiger partial charge in [-0.25, -0.2) is 4.39 Å². The molecule has 1 heterocycles. The highest BCUT2D eigenvalue weighted by atomic mass is 19.1. The number of rotatable bonds is 2. The molecule has 0 saturated heterocycles. The zero-order valence-electron chi connectivity index (χ0n) is 11.6. The summed E-state index contributed by atoms with van der Waals surface area (Å²) in [7, 11) is 0. The summed E-state index contributed by atoms with van der Waals surface area (Å²) in [6.45, 7) is 0.657. The van der Waals surface area contributed by atoms with E-state index >= 15 is 0 Å². The SMILES string of the molecule is NC[C@@H]1C[C@H](c2c[nH]c3c(F)cccc23)c2ccccc21. The molecule has 0 saturated carbocycles. The fraction of sp³-hybridized carbons (Fsp3) is 0.222. The summed E-state index contributed by atoms with van der Waals surface area (Å²) >= 11 is 0. The second-order valence-electron chi connectivity index (χ2n) is 5.76. The van der Waals surface area contributed by atoms with E-state index in [1.54, 1.807) is 6.07 Å². The molecule has 106 valence electrons. The standard InChI is InChI=1S/C18H17FN2/c19-17-7-3-6-14-16(10-21-18(14)17)15-8-11(9-20)12-4-1-2-5-13(12)15/h1-7,10-11,15,21H,8-9,20H2/t11-,15-/m0/s1. The monoisotopic (exact) mass is 280 g/mol. The van der Waals surface area contributed by atoms with E-state index in [2.05, 4.69) is 29.2 Å². The zero-order chi connectivity index (χ0) is 14.4. The molecule has 1 aliphatic carbocycles. The smallest absolute Gasteiger partial charge is 0.147 e. The van der Waals surface area contributed by atoms with Crippen molar-refractivity contribution in [2.75, 3.05) is 6.54 Å². The Hall–Kier alpha value is -2.13. The van der Waals surface area contributed by atoms with Crippen molar-refractivity contribution in [2.24, 2.45) is 5.73 Å². The molecule has 2 nitrogen and oxygen atoms in total. The lowest BCUT2D eigenvalue weighted by atomic mass is 9.92. The normalized spacial score (nSPS) is 20.9. The molecule has 2 atom stereocenters. The highest BCUT2D eigenvalue weighted by Gasteiger charge is 2.32. The van der Waals surface area contributed by atoms with E-state index in [9.17, 15) is 4.39 Å². The second kappa shape index (κ2) is 4.71. The number of para-hydroxylation sites is 1. The predicted molar refractivity (Wildman–Crippen MR) is 83.0 cm³/mol. The highest BCUT2D eigenvalue weighted by Crippen LogP contribution is 2.46. The molecular weight excluding hydrogens is 263 g/mol. The van der Waals surface area contributed by atoms with Crippen LogP contribution in [0.15, 0.2) is 48.7 Å². The first-order valence-corrected chi connectivity index (χ1v) is 7.34. The first-order valence-electron chi connectivity index (χ1n) is 7.34. The molecule has 4 rings (SSSR count). The molecule has 0 bridgehead atoms. The third-order valence-electron chi connectivity index (χ3n) is 4.69. The summed E-state index contributed by atoms with van der Waals surface area (Å²) in [5.74, 6) is 0.496. The van der Waals surface area contributed by atoms with E-state index < -0.39 is 0 Å². The number of aromatic nitrogens is 1. The van der Waals surface area contributed by atoms with Crippen LogP contribution in [0.4, 0.5) is 4.39 Å². The highest BCUT2D eigenvalue weighted by molar-refractivity contribution is 5.85. The van der Waals surface area contributed by atoms with Crippen LogP contribution in [0.5, 0.6) is 0 Å². The van der Waals surface area contributed by atoms with Crippen molar-refractivity contribution in [1.29, 1.82) is 0 Å². The second-order valence-corrected chi connectivity index (χ2v) is 5.76. The van der Waals surface area contributed by atoms with Gasteiger partial charge in [0, 0.05) is 17.5 Å². The van der Waals surface area contributed by atoms with Gasteiger partial charge in [0.25, 0.3) is 0 Å². The number of nitrogens with one attached hydrogen (secondary N) is 1. The van der Waals surface area contributed by atoms with Gasteiger partial charge in [0.2, 0.25) is 0 Å². The number of nitrogens with two attached hydrogens (primary N) is 1. The van der Waals surface area contributed by atoms with Gasteiger partial charge >= 0.3 is 0 Å². The topological polar surface area (TPSA) is 41.8 Å². The number of benzene rings is 2. The number of hydrogen-bond acceptors (Lipinski definition) is 1. The molecule has 21 heavy (non-hydrogen) atoms. The van der Waals surface area contributed by atoms with Crippen LogP contribution in [-0.4, -0.2) is 11.5 Å². The summed E-state index contributed by atoms with van der Waals surface area (Å²) in [4.78, 5) is 3.09. The minimum Gasteiger partial charge on any atom is -0.358 e. The lowest BCUT2D eigenvalue weighted by Crippen LogP contribution is -2.09. The third kappa shape index (κ3) is 1.81. The number of hydrogen-bond donors (Lipinski definition) is 2. The van der Waals surface area contributed by atoms with E-state index in [4.69, 9.17) is 5.73 Å². The maximum absolute atomic E-state index is 13.9. The van der Waals surface area contributed by atoms with Gasteiger partial charge in [0.1, 0.15) is 5.82 Å². The van der Waals surface area contributed by atoms with Crippen molar-refractivity contribution < 1.29 is 4.39 Å². The predicted octanol–water partition coefficient (Wildman–Crippen LogP) is 3.88. The quantitative estimate of drug-likeness (QED) is 0.735. The largest absolute Gasteiger partial charge is 0.358 e. The van der Waals surface area contributed by atoms with E-state index in [0.29, 0.717) is 23.9 Å². The lowest BCUT2D eigenvalue weighted by Gasteiger charge is -2.11. The van der Waals surface area contributed by atoms with Crippen molar-refractivity contribution in [2.45, 2.75) is 18.3 Å². The lowest BCUT2D eigenvalue weighted by molar-refractivity contribution is 0.637. The Morgan fingerprint density at radius 3 is 2.67 bits per heavy atom. The van der Waals surface area contributed by atoms with Gasteiger partial charge in [-0.2, -0.15) is 0 Å². The molecule has 3 heteroatoms. The Bertz CT molecular complexity index is 806. The summed E-state index contributed by atoms with van der Waals surface area (Å²) in [6, 6.07) is 13.7. The Morgan fingerprint density at radius 1 is 1.05 bits per heavy atom. The molecule has 3 aromatic rings. The minimum atomic E-state index is -0.194. The van der Waals surface area contributed by atoms with Crippen LogP contribution < -0.4 is 5.73 Å². The van der Waals surface area contributed by atoms with E-state index in [1.165, 1.54) is 22.8 Å². The molecule has 0 spiro atoms. The summed E-state index contributed by atoms with van der Waals surface area (Å²) < 4.78 is 13.9. The Kier molecular flexibility index (Phi) is 2.82. The van der Waals surface area contributed by atoms with Gasteiger partial charge in [0.15, 0.2) is 0 Å². The molecule has 1 aromatic heterocycles. The van der Waals surface area contributed by atoms with E-state index in [0.717, 1.165) is 11.8 Å². The molecule has 3 N–H and O–H groups in total. The molecule has 1 aliphatic rings. The minimum absolute atomic E-state index is 0.194. The van der Waals surface area contributed by atoms with Crippen molar-refractivity contribution >= 4 is 10.9 Å². The molecular formula is C18H17FN2. The number of H-pyrrole nitrogens is 1. The molecule has 0 fully saturated rings. The van der Waals surface area contributed by atoms with Crippen LogP contribution in [-0.2, 0) is 0 Å². The van der Waals surface area contributed by atoms with Crippen LogP contribution in [0.3, 0.4) is 0 Å². The zero-order valence-corrected chi connectivity index (χ0v) is 11.6.